The van der Waals surface area contributed by atoms with Crippen LogP contribution in [0.1, 0.15) is 56.8 Å². The van der Waals surface area contributed by atoms with E-state index in [0.29, 0.717) is 24.0 Å². The molecule has 0 saturated carbocycles. The van der Waals surface area contributed by atoms with E-state index in [0.717, 1.165) is 77.2 Å². The number of hydrogen-bond donors (Lipinski definition) is 0. The number of nitrogens with zero attached hydrogens (tertiary/aromatic N) is 8. The smallest absolute Gasteiger partial charge is 0.363 e. The maximum absolute atomic E-state index is 14.3. The molecule has 0 atom stereocenters. The van der Waals surface area contributed by atoms with E-state index < -0.39 is 10.7 Å². The van der Waals surface area contributed by atoms with Crippen LogP contribution in [-0.4, -0.2) is 94.0 Å². The molecular weight excluding hydrogens is 603 g/mol. The van der Waals surface area contributed by atoms with E-state index >= 15 is 0 Å². The lowest BCUT2D eigenvalue weighted by atomic mass is 9.72. The van der Waals surface area contributed by atoms with Crippen LogP contribution < -0.4 is 14.5 Å². The molecular formula is C34H43FN8O4. The van der Waals surface area contributed by atoms with Gasteiger partial charge in [0.25, 0.3) is 5.91 Å². The first-order chi connectivity index (χ1) is 22.6. The van der Waals surface area contributed by atoms with Gasteiger partial charge in [-0.15, -0.1) is 0 Å². The summed E-state index contributed by atoms with van der Waals surface area (Å²) in [5.74, 6) is 1.15. The molecule has 1 spiro atoms. The second kappa shape index (κ2) is 13.8. The summed E-state index contributed by atoms with van der Waals surface area (Å²) in [7, 11) is 0. The van der Waals surface area contributed by atoms with E-state index in [9.17, 15) is 19.3 Å². The number of aromatic nitrogens is 3. The van der Waals surface area contributed by atoms with Gasteiger partial charge in [0.05, 0.1) is 17.4 Å². The third kappa shape index (κ3) is 7.14. The molecule has 1 amide bonds. The van der Waals surface area contributed by atoms with Gasteiger partial charge in [-0.1, -0.05) is 0 Å². The lowest BCUT2D eigenvalue weighted by Crippen LogP contribution is -2.61. The number of hydrogen-bond acceptors (Lipinski definition) is 10. The highest BCUT2D eigenvalue weighted by atomic mass is 19.1. The molecule has 3 aliphatic rings. The molecule has 5 heterocycles. The van der Waals surface area contributed by atoms with Gasteiger partial charge in [-0.3, -0.25) is 4.79 Å². The van der Waals surface area contributed by atoms with Crippen molar-refractivity contribution in [2.45, 2.75) is 52.5 Å². The average molecular weight is 647 g/mol. The second-order valence-electron chi connectivity index (χ2n) is 13.4. The van der Waals surface area contributed by atoms with E-state index in [-0.39, 0.29) is 34.5 Å². The maximum Gasteiger partial charge on any atom is 0.363 e. The number of rotatable bonds is 10. The summed E-state index contributed by atoms with van der Waals surface area (Å²) in [6.45, 7) is 13.1. The lowest BCUT2D eigenvalue weighted by molar-refractivity contribution is -0.389. The second-order valence-corrected chi connectivity index (χ2v) is 13.4. The summed E-state index contributed by atoms with van der Waals surface area (Å²) in [4.78, 5) is 45.3. The van der Waals surface area contributed by atoms with Gasteiger partial charge in [-0.25, -0.2) is 14.4 Å². The van der Waals surface area contributed by atoms with E-state index in [1.165, 1.54) is 30.6 Å². The van der Waals surface area contributed by atoms with E-state index in [1.807, 2.05) is 20.8 Å². The van der Waals surface area contributed by atoms with E-state index in [2.05, 4.69) is 29.7 Å². The van der Waals surface area contributed by atoms with Gasteiger partial charge in [0.2, 0.25) is 0 Å². The number of benzene rings is 1. The largest absolute Gasteiger partial charge is 0.451 e. The van der Waals surface area contributed by atoms with Crippen molar-refractivity contribution in [3.63, 3.8) is 0 Å². The van der Waals surface area contributed by atoms with E-state index in [4.69, 9.17) is 4.74 Å². The first-order valence-electron chi connectivity index (χ1n) is 16.6. The van der Waals surface area contributed by atoms with Gasteiger partial charge in [-0.2, -0.15) is 0 Å². The zero-order chi connectivity index (χ0) is 33.1. The van der Waals surface area contributed by atoms with Gasteiger partial charge in [-0.05, 0) is 99.6 Å². The van der Waals surface area contributed by atoms with Crippen LogP contribution in [0.2, 0.25) is 0 Å². The number of amides is 1. The molecule has 3 aromatic rings. The lowest BCUT2D eigenvalue weighted by Gasteiger charge is -2.54. The van der Waals surface area contributed by atoms with Crippen molar-refractivity contribution in [2.75, 3.05) is 62.2 Å². The summed E-state index contributed by atoms with van der Waals surface area (Å²) in [6.07, 6.45) is 9.16. The Morgan fingerprint density at radius 2 is 1.81 bits per heavy atom. The quantitative estimate of drug-likeness (QED) is 0.209. The Hall–Kier alpha value is -4.39. The van der Waals surface area contributed by atoms with Gasteiger partial charge in [0.15, 0.2) is 17.8 Å². The van der Waals surface area contributed by atoms with Crippen molar-refractivity contribution >= 4 is 23.2 Å². The summed E-state index contributed by atoms with van der Waals surface area (Å²) >= 11 is 0. The van der Waals surface area contributed by atoms with Crippen molar-refractivity contribution in [1.82, 2.24) is 24.8 Å². The molecule has 3 fully saturated rings. The standard InChI is InChI=1S/C34H43FN8O4/c1-4-42(24(2)3)33(44)28-17-26(35)5-7-29(28)47-30-19-36-23-38-32(30)41-21-34(22-41)11-15-39(16-12-34)20-25-9-13-40(14-10-25)27-6-8-31(37-18-27)43(45)46/h5-8,17-19,23-25H,4,9-16,20-22H2,1-3H3. The molecule has 47 heavy (non-hydrogen) atoms. The zero-order valence-electron chi connectivity index (χ0n) is 27.3. The minimum absolute atomic E-state index is 0.0387. The Kier molecular flexibility index (Phi) is 9.53. The molecule has 2 aromatic heterocycles. The predicted octanol–water partition coefficient (Wildman–Crippen LogP) is 5.40. The van der Waals surface area contributed by atoms with Crippen LogP contribution >= 0.6 is 0 Å². The normalized spacial score (nSPS) is 18.3. The highest BCUT2D eigenvalue weighted by Gasteiger charge is 2.46. The fourth-order valence-electron chi connectivity index (χ4n) is 7.25. The fourth-order valence-corrected chi connectivity index (χ4v) is 7.25. The number of halogens is 1. The number of piperidine rings is 2. The van der Waals surface area contributed by atoms with Gasteiger partial charge in [0.1, 0.15) is 17.9 Å². The number of ether oxygens (including phenoxy) is 1. The van der Waals surface area contributed by atoms with Crippen molar-refractivity contribution in [3.05, 3.63) is 70.5 Å². The minimum Gasteiger partial charge on any atom is -0.451 e. The Bertz CT molecular complexity index is 1560. The molecule has 0 radical (unpaired) electrons. The maximum atomic E-state index is 14.3. The molecule has 0 bridgehead atoms. The predicted molar refractivity (Wildman–Crippen MR) is 177 cm³/mol. The third-order valence-electron chi connectivity index (χ3n) is 9.96. The number of anilines is 2. The van der Waals surface area contributed by atoms with Crippen molar-refractivity contribution in [2.24, 2.45) is 11.3 Å². The van der Waals surface area contributed by atoms with Crippen LogP contribution in [0.5, 0.6) is 11.5 Å². The zero-order valence-corrected chi connectivity index (χ0v) is 27.3. The Morgan fingerprint density at radius 3 is 2.45 bits per heavy atom. The molecule has 6 rings (SSSR count). The van der Waals surface area contributed by atoms with Crippen LogP contribution in [0.3, 0.4) is 0 Å². The van der Waals surface area contributed by atoms with E-state index in [1.54, 1.807) is 23.4 Å². The minimum atomic E-state index is -0.494. The number of carbonyl (C=O) groups is 1. The topological polar surface area (TPSA) is 121 Å². The average Bonchev–Trinajstić information content (AvgIpc) is 3.06. The summed E-state index contributed by atoms with van der Waals surface area (Å²) in [5.41, 5.74) is 1.36. The molecule has 250 valence electrons. The van der Waals surface area contributed by atoms with Crippen LogP contribution in [0.25, 0.3) is 0 Å². The SMILES string of the molecule is CCN(C(=O)c1cc(F)ccc1Oc1cncnc1N1CC2(CCN(CC3CCN(c4ccc([N+](=O)[O-])nc4)CC3)CC2)C1)C(C)C. The van der Waals surface area contributed by atoms with Crippen molar-refractivity contribution in [1.29, 1.82) is 0 Å². The number of likely N-dealkylation sites (tertiary alicyclic amines) is 1. The highest BCUT2D eigenvalue weighted by Crippen LogP contribution is 2.45. The summed E-state index contributed by atoms with van der Waals surface area (Å²) in [5, 5.41) is 10.9. The first-order valence-corrected chi connectivity index (χ1v) is 16.6. The molecule has 0 aliphatic carbocycles. The molecule has 0 N–H and O–H groups in total. The number of pyridine rings is 1. The number of nitro groups is 1. The van der Waals surface area contributed by atoms with Crippen molar-refractivity contribution in [3.8, 4) is 11.5 Å². The third-order valence-corrected chi connectivity index (χ3v) is 9.96. The molecule has 12 nitrogen and oxygen atoms in total. The van der Waals surface area contributed by atoms with Gasteiger partial charge < -0.3 is 34.5 Å². The first kappa shape index (κ1) is 32.5. The van der Waals surface area contributed by atoms with Crippen LogP contribution in [0.15, 0.2) is 49.1 Å². The van der Waals surface area contributed by atoms with Crippen LogP contribution in [-0.2, 0) is 0 Å². The fraction of sp³-hybridized carbons (Fsp3) is 0.529. The highest BCUT2D eigenvalue weighted by molar-refractivity contribution is 5.97. The molecule has 1 aromatic carbocycles. The van der Waals surface area contributed by atoms with Crippen LogP contribution in [0.4, 0.5) is 21.7 Å². The molecule has 3 aliphatic heterocycles. The Labute approximate surface area is 274 Å². The van der Waals surface area contributed by atoms with Gasteiger partial charge in [0, 0.05) is 56.8 Å². The molecule has 13 heteroatoms. The van der Waals surface area contributed by atoms with Crippen LogP contribution in [0, 0.1) is 27.3 Å². The van der Waals surface area contributed by atoms with Crippen molar-refractivity contribution < 1.29 is 18.8 Å². The molecule has 0 unspecified atom stereocenters. The summed E-state index contributed by atoms with van der Waals surface area (Å²) in [6, 6.07) is 7.26. The Balaban J connectivity index is 1.01. The Morgan fingerprint density at radius 1 is 1.06 bits per heavy atom. The summed E-state index contributed by atoms with van der Waals surface area (Å²) < 4.78 is 20.5. The monoisotopic (exact) mass is 646 g/mol. The number of carbonyl (C=O) groups excluding carboxylic acids is 1. The van der Waals surface area contributed by atoms with Gasteiger partial charge >= 0.3 is 5.82 Å². The molecule has 3 saturated heterocycles.